The van der Waals surface area contributed by atoms with E-state index >= 15 is 0 Å². The third-order valence-electron chi connectivity index (χ3n) is 4.02. The van der Waals surface area contributed by atoms with E-state index in [2.05, 4.69) is 16.1 Å². The molecule has 6 heteroatoms. The van der Waals surface area contributed by atoms with E-state index in [9.17, 15) is 10.2 Å². The summed E-state index contributed by atoms with van der Waals surface area (Å²) in [6.45, 7) is 0. The van der Waals surface area contributed by atoms with Gasteiger partial charge < -0.3 is 10.2 Å². The van der Waals surface area contributed by atoms with Gasteiger partial charge in [-0.05, 0) is 42.1 Å². The first-order chi connectivity index (χ1) is 14.7. The number of aromatic hydroxyl groups is 2. The molecule has 0 aliphatic carbocycles. The van der Waals surface area contributed by atoms with E-state index in [0.717, 1.165) is 16.9 Å². The predicted molar refractivity (Wildman–Crippen MR) is 122 cm³/mol. The molecule has 0 atom stereocenters. The number of phenolic OH excluding ortho intramolecular Hbond substituents is 2. The second-order valence-corrected chi connectivity index (χ2v) is 6.22. The average Bonchev–Trinajstić information content (AvgIpc) is 2.80. The van der Waals surface area contributed by atoms with Crippen molar-refractivity contribution in [3.63, 3.8) is 0 Å². The van der Waals surface area contributed by atoms with E-state index in [1.54, 1.807) is 42.8 Å². The van der Waals surface area contributed by atoms with E-state index in [1.807, 2.05) is 72.8 Å². The Morgan fingerprint density at radius 1 is 0.594 bits per heavy atom. The van der Waals surface area contributed by atoms with Crippen LogP contribution in [0, 0.1) is 6.07 Å². The first-order valence-corrected chi connectivity index (χ1v) is 9.38. The maximum Gasteiger partial charge on any atom is 0.124 e. The fourth-order valence-corrected chi connectivity index (χ4v) is 2.45. The van der Waals surface area contributed by atoms with Gasteiger partial charge in [-0.15, -0.1) is 6.07 Å². The summed E-state index contributed by atoms with van der Waals surface area (Å²) >= 11 is 0. The molecule has 166 valence electrons. The number of para-hydroxylation sites is 4. The molecule has 0 saturated carbocycles. The Kier molecular flexibility index (Phi) is 12.6. The second-order valence-electron chi connectivity index (χ2n) is 6.22. The summed E-state index contributed by atoms with van der Waals surface area (Å²) in [6.07, 6.45) is 3.28. The molecule has 2 N–H and O–H groups in total. The molecule has 0 spiro atoms. The summed E-state index contributed by atoms with van der Waals surface area (Å²) in [5, 5.41) is 19.0. The fraction of sp³-hybridized carbons (Fsp3) is 0. The monoisotopic (exact) mass is 643 g/mol. The van der Waals surface area contributed by atoms with Crippen LogP contribution >= 0.6 is 0 Å². The summed E-state index contributed by atoms with van der Waals surface area (Å²) in [5.41, 5.74) is 3.05. The molecule has 2 radical (unpaired) electrons. The van der Waals surface area contributed by atoms with Gasteiger partial charge in [0.05, 0.1) is 5.69 Å². The van der Waals surface area contributed by atoms with Crippen LogP contribution < -0.4 is 0 Å². The van der Waals surface area contributed by atoms with Gasteiger partial charge in [0.15, 0.2) is 0 Å². The number of benzene rings is 4. The minimum Gasteiger partial charge on any atom is -0.507 e. The molecule has 0 aliphatic heterocycles. The second kappa shape index (κ2) is 14.9. The maximum atomic E-state index is 9.50. The van der Waals surface area contributed by atoms with Gasteiger partial charge in [0.1, 0.15) is 11.5 Å². The predicted octanol–water partition coefficient (Wildman–Crippen LogP) is 6.08. The smallest absolute Gasteiger partial charge is 0.124 e. The summed E-state index contributed by atoms with van der Waals surface area (Å²) in [5.74, 6) is 0.481. The number of hydrogen-bond donors (Lipinski definition) is 2. The maximum absolute atomic E-state index is 9.50. The van der Waals surface area contributed by atoms with Gasteiger partial charge in [0, 0.05) is 61.0 Å². The fourth-order valence-electron chi connectivity index (χ4n) is 2.45. The van der Waals surface area contributed by atoms with Crippen molar-refractivity contribution in [3.05, 3.63) is 120 Å². The van der Waals surface area contributed by atoms with Gasteiger partial charge in [-0.3, -0.25) is 9.98 Å². The van der Waals surface area contributed by atoms with E-state index in [4.69, 9.17) is 0 Å². The minimum atomic E-state index is 0. The van der Waals surface area contributed by atoms with Gasteiger partial charge >= 0.3 is 0 Å². The van der Waals surface area contributed by atoms with E-state index in [0.29, 0.717) is 5.56 Å². The SMILES string of the molecule is Oc1ccccc1C=Nc1[c-]cccc1.Oc1ccccc1C=Nc1ccccc1.[Cu].[Re]. The summed E-state index contributed by atoms with van der Waals surface area (Å²) in [4.78, 5) is 8.45. The van der Waals surface area contributed by atoms with Crippen LogP contribution in [0.1, 0.15) is 11.1 Å². The zero-order valence-corrected chi connectivity index (χ0v) is 20.6. The Bertz CT molecular complexity index is 1030. The number of nitrogens with zero attached hydrogens (tertiary/aromatic N) is 2. The Morgan fingerprint density at radius 2 is 1.09 bits per heavy atom. The number of phenols is 2. The van der Waals surface area contributed by atoms with Gasteiger partial charge in [0.25, 0.3) is 0 Å². The van der Waals surface area contributed by atoms with Crippen molar-refractivity contribution >= 4 is 23.8 Å². The van der Waals surface area contributed by atoms with Crippen LogP contribution in [-0.4, -0.2) is 22.6 Å². The first kappa shape index (κ1) is 27.0. The molecule has 4 nitrogen and oxygen atoms in total. The van der Waals surface area contributed by atoms with Gasteiger partial charge in [-0.25, -0.2) is 0 Å². The molecule has 0 fully saturated rings. The van der Waals surface area contributed by atoms with Gasteiger partial charge in [-0.1, -0.05) is 42.5 Å². The number of hydrogen-bond acceptors (Lipinski definition) is 4. The zero-order valence-electron chi connectivity index (χ0n) is 16.9. The molecule has 0 aliphatic rings. The Hall–Kier alpha value is -3.00. The van der Waals surface area contributed by atoms with Crippen LogP contribution in [0.4, 0.5) is 11.4 Å². The van der Waals surface area contributed by atoms with Crippen LogP contribution in [0.25, 0.3) is 0 Å². The number of aliphatic imine (C=N–C) groups is 2. The topological polar surface area (TPSA) is 65.2 Å². The summed E-state index contributed by atoms with van der Waals surface area (Å²) in [6, 6.07) is 34.2. The van der Waals surface area contributed by atoms with Gasteiger partial charge in [-0.2, -0.15) is 24.3 Å². The third-order valence-corrected chi connectivity index (χ3v) is 4.02. The van der Waals surface area contributed by atoms with Crippen molar-refractivity contribution in [2.45, 2.75) is 0 Å². The largest absolute Gasteiger partial charge is 0.507 e. The molecule has 0 heterocycles. The quantitative estimate of drug-likeness (QED) is 0.161. The van der Waals surface area contributed by atoms with Crippen molar-refractivity contribution in [2.75, 3.05) is 0 Å². The van der Waals surface area contributed by atoms with Crippen LogP contribution in [0.15, 0.2) is 113 Å². The molecule has 4 aromatic rings. The number of rotatable bonds is 4. The Labute approximate surface area is 212 Å². The first-order valence-electron chi connectivity index (χ1n) is 9.38. The molecular weight excluding hydrogens is 622 g/mol. The van der Waals surface area contributed by atoms with E-state index in [-0.39, 0.29) is 49.0 Å². The van der Waals surface area contributed by atoms with Gasteiger partial charge in [0.2, 0.25) is 0 Å². The molecule has 0 aromatic heterocycles. The van der Waals surface area contributed by atoms with Crippen molar-refractivity contribution in [1.82, 2.24) is 0 Å². The third kappa shape index (κ3) is 9.01. The molecule has 0 amide bonds. The summed E-state index contributed by atoms with van der Waals surface area (Å²) < 4.78 is 0. The Morgan fingerprint density at radius 3 is 1.62 bits per heavy atom. The molecule has 4 aromatic carbocycles. The van der Waals surface area contributed by atoms with Crippen LogP contribution in [0.5, 0.6) is 11.5 Å². The molecule has 0 unspecified atom stereocenters. The van der Waals surface area contributed by atoms with Crippen LogP contribution in [0.3, 0.4) is 0 Å². The van der Waals surface area contributed by atoms with Crippen molar-refractivity contribution < 1.29 is 47.7 Å². The van der Waals surface area contributed by atoms with Crippen LogP contribution in [0.2, 0.25) is 0 Å². The average molecular weight is 643 g/mol. The van der Waals surface area contributed by atoms with E-state index in [1.165, 1.54) is 0 Å². The molecular formula is C26H21CuN2O2Re-. The normalized spacial score (nSPS) is 10.0. The molecule has 32 heavy (non-hydrogen) atoms. The van der Waals surface area contributed by atoms with Crippen LogP contribution in [-0.2, 0) is 37.5 Å². The Balaban J connectivity index is 0.000000301. The molecule has 4 rings (SSSR count). The molecule has 0 saturated heterocycles. The zero-order chi connectivity index (χ0) is 21.0. The van der Waals surface area contributed by atoms with Crippen molar-refractivity contribution in [2.24, 2.45) is 9.98 Å². The molecule has 0 bridgehead atoms. The minimum absolute atomic E-state index is 0. The van der Waals surface area contributed by atoms with Crippen molar-refractivity contribution in [1.29, 1.82) is 0 Å². The summed E-state index contributed by atoms with van der Waals surface area (Å²) in [7, 11) is 0. The van der Waals surface area contributed by atoms with E-state index < -0.39 is 0 Å². The van der Waals surface area contributed by atoms with Crippen molar-refractivity contribution in [3.8, 4) is 11.5 Å². The standard InChI is InChI=1S/C13H11NO.C13H10NO.Cu.Re/c2*15-13-9-5-4-6-11(13)10-14-12-7-2-1-3-8-12;;/h1-10,15H;1-7,9-10,15H;;/q;-1;;.